The molecule has 0 bridgehead atoms. The van der Waals surface area contributed by atoms with E-state index in [1.54, 1.807) is 6.07 Å². The Morgan fingerprint density at radius 2 is 2.21 bits per heavy atom. The van der Waals surface area contributed by atoms with Crippen LogP contribution in [0, 0.1) is 11.6 Å². The molecule has 0 radical (unpaired) electrons. The standard InChI is InChI=1S/C15H21F2NO/c1-2-7-18-14(15-4-3-8-19-15)10-11-5-6-12(16)13(17)9-11/h5-6,9,14-15,18H,2-4,7-8,10H2,1H3. The Balaban J connectivity index is 2.03. The van der Waals surface area contributed by atoms with Gasteiger partial charge in [0.05, 0.1) is 6.10 Å². The summed E-state index contributed by atoms with van der Waals surface area (Å²) in [5.74, 6) is -1.57. The van der Waals surface area contributed by atoms with E-state index < -0.39 is 11.6 Å². The summed E-state index contributed by atoms with van der Waals surface area (Å²) in [7, 11) is 0. The van der Waals surface area contributed by atoms with Gasteiger partial charge in [-0.1, -0.05) is 13.0 Å². The van der Waals surface area contributed by atoms with Crippen molar-refractivity contribution in [2.75, 3.05) is 13.2 Å². The van der Waals surface area contributed by atoms with Crippen molar-refractivity contribution in [2.24, 2.45) is 0 Å². The molecule has 2 unspecified atom stereocenters. The van der Waals surface area contributed by atoms with Crippen LogP contribution in [0.2, 0.25) is 0 Å². The zero-order valence-corrected chi connectivity index (χ0v) is 11.3. The molecule has 106 valence electrons. The molecule has 2 nitrogen and oxygen atoms in total. The van der Waals surface area contributed by atoms with Crippen molar-refractivity contribution in [1.29, 1.82) is 0 Å². The Morgan fingerprint density at radius 1 is 1.37 bits per heavy atom. The molecule has 1 aliphatic rings. The number of ether oxygens (including phenoxy) is 1. The molecule has 0 spiro atoms. The van der Waals surface area contributed by atoms with E-state index in [2.05, 4.69) is 12.2 Å². The number of hydrogen-bond donors (Lipinski definition) is 1. The predicted octanol–water partition coefficient (Wildman–Crippen LogP) is 3.05. The van der Waals surface area contributed by atoms with Crippen LogP contribution in [0.4, 0.5) is 8.78 Å². The van der Waals surface area contributed by atoms with Crippen molar-refractivity contribution in [3.05, 3.63) is 35.4 Å². The molecule has 4 heteroatoms. The second-order valence-corrected chi connectivity index (χ2v) is 5.06. The van der Waals surface area contributed by atoms with Crippen molar-refractivity contribution in [3.8, 4) is 0 Å². The van der Waals surface area contributed by atoms with Crippen LogP contribution in [0.1, 0.15) is 31.7 Å². The first kappa shape index (κ1) is 14.4. The Kier molecular flexibility index (Phi) is 5.28. The number of halogens is 2. The van der Waals surface area contributed by atoms with E-state index in [4.69, 9.17) is 4.74 Å². The van der Waals surface area contributed by atoms with Crippen LogP contribution < -0.4 is 5.32 Å². The van der Waals surface area contributed by atoms with E-state index >= 15 is 0 Å². The van der Waals surface area contributed by atoms with E-state index in [0.29, 0.717) is 6.42 Å². The second kappa shape index (κ2) is 6.96. The van der Waals surface area contributed by atoms with E-state index in [-0.39, 0.29) is 12.1 Å². The molecule has 1 fully saturated rings. The van der Waals surface area contributed by atoms with Gasteiger partial charge in [-0.05, 0) is 49.9 Å². The van der Waals surface area contributed by atoms with Gasteiger partial charge in [0.15, 0.2) is 11.6 Å². The average Bonchev–Trinajstić information content (AvgIpc) is 2.92. The lowest BCUT2D eigenvalue weighted by atomic mass is 9.99. The molecular weight excluding hydrogens is 248 g/mol. The molecule has 0 amide bonds. The highest BCUT2D eigenvalue weighted by Gasteiger charge is 2.25. The first-order chi connectivity index (χ1) is 9.20. The minimum atomic E-state index is -0.793. The number of nitrogens with one attached hydrogen (secondary N) is 1. The molecule has 2 rings (SSSR count). The highest BCUT2D eigenvalue weighted by molar-refractivity contribution is 5.19. The van der Waals surface area contributed by atoms with Crippen LogP contribution >= 0.6 is 0 Å². The van der Waals surface area contributed by atoms with Crippen LogP contribution in [0.15, 0.2) is 18.2 Å². The Bertz CT molecular complexity index is 405. The van der Waals surface area contributed by atoms with Crippen LogP contribution in [-0.4, -0.2) is 25.3 Å². The molecule has 1 heterocycles. The summed E-state index contributed by atoms with van der Waals surface area (Å²) in [4.78, 5) is 0. The molecular formula is C15H21F2NO. The van der Waals surface area contributed by atoms with Gasteiger partial charge in [-0.15, -0.1) is 0 Å². The maximum absolute atomic E-state index is 13.2. The van der Waals surface area contributed by atoms with Gasteiger partial charge in [-0.3, -0.25) is 0 Å². The summed E-state index contributed by atoms with van der Waals surface area (Å²) in [5, 5.41) is 3.45. The molecule has 1 aromatic carbocycles. The molecule has 2 atom stereocenters. The van der Waals surface area contributed by atoms with Crippen LogP contribution in [0.25, 0.3) is 0 Å². The van der Waals surface area contributed by atoms with Gasteiger partial charge in [0.2, 0.25) is 0 Å². The molecule has 19 heavy (non-hydrogen) atoms. The fourth-order valence-corrected chi connectivity index (χ4v) is 2.51. The van der Waals surface area contributed by atoms with Gasteiger partial charge >= 0.3 is 0 Å². The minimum absolute atomic E-state index is 0.173. The Hall–Kier alpha value is -1.00. The average molecular weight is 269 g/mol. The quantitative estimate of drug-likeness (QED) is 0.857. The highest BCUT2D eigenvalue weighted by atomic mass is 19.2. The highest BCUT2D eigenvalue weighted by Crippen LogP contribution is 2.19. The number of rotatable bonds is 6. The summed E-state index contributed by atoms with van der Waals surface area (Å²) in [6, 6.07) is 4.29. The fourth-order valence-electron chi connectivity index (χ4n) is 2.51. The predicted molar refractivity (Wildman–Crippen MR) is 71.1 cm³/mol. The van der Waals surface area contributed by atoms with Gasteiger partial charge < -0.3 is 10.1 Å². The summed E-state index contributed by atoms with van der Waals surface area (Å²) < 4.78 is 31.9. The van der Waals surface area contributed by atoms with Crippen LogP contribution in [0.3, 0.4) is 0 Å². The van der Waals surface area contributed by atoms with E-state index in [0.717, 1.165) is 38.0 Å². The lowest BCUT2D eigenvalue weighted by molar-refractivity contribution is 0.0784. The lowest BCUT2D eigenvalue weighted by Gasteiger charge is -2.24. The summed E-state index contributed by atoms with van der Waals surface area (Å²) in [6.45, 7) is 3.82. The van der Waals surface area contributed by atoms with Crippen molar-refractivity contribution in [1.82, 2.24) is 5.32 Å². The largest absolute Gasteiger partial charge is 0.377 e. The molecule has 1 aliphatic heterocycles. The SMILES string of the molecule is CCCNC(Cc1ccc(F)c(F)c1)C1CCCO1. The Labute approximate surface area is 113 Å². The van der Waals surface area contributed by atoms with Crippen LogP contribution in [0.5, 0.6) is 0 Å². The van der Waals surface area contributed by atoms with Gasteiger partial charge in [0.1, 0.15) is 0 Å². The lowest BCUT2D eigenvalue weighted by Crippen LogP contribution is -2.41. The van der Waals surface area contributed by atoms with E-state index in [1.165, 1.54) is 12.1 Å². The molecule has 1 N–H and O–H groups in total. The third-order valence-electron chi connectivity index (χ3n) is 3.51. The van der Waals surface area contributed by atoms with Gasteiger partial charge in [-0.2, -0.15) is 0 Å². The first-order valence-corrected chi connectivity index (χ1v) is 6.99. The van der Waals surface area contributed by atoms with E-state index in [9.17, 15) is 8.78 Å². The normalized spacial score (nSPS) is 20.7. The third-order valence-corrected chi connectivity index (χ3v) is 3.51. The topological polar surface area (TPSA) is 21.3 Å². The van der Waals surface area contributed by atoms with Crippen molar-refractivity contribution < 1.29 is 13.5 Å². The van der Waals surface area contributed by atoms with Gasteiger partial charge in [0, 0.05) is 12.6 Å². The summed E-state index contributed by atoms with van der Waals surface area (Å²) >= 11 is 0. The first-order valence-electron chi connectivity index (χ1n) is 6.99. The zero-order valence-electron chi connectivity index (χ0n) is 11.3. The number of hydrogen-bond acceptors (Lipinski definition) is 2. The third kappa shape index (κ3) is 3.98. The van der Waals surface area contributed by atoms with Crippen LogP contribution in [-0.2, 0) is 11.2 Å². The molecule has 0 aliphatic carbocycles. The fraction of sp³-hybridized carbons (Fsp3) is 0.600. The molecule has 1 saturated heterocycles. The van der Waals surface area contributed by atoms with Gasteiger partial charge in [0.25, 0.3) is 0 Å². The summed E-state index contributed by atoms with van der Waals surface area (Å²) in [5.41, 5.74) is 0.808. The second-order valence-electron chi connectivity index (χ2n) is 5.06. The number of benzene rings is 1. The van der Waals surface area contributed by atoms with Gasteiger partial charge in [-0.25, -0.2) is 8.78 Å². The van der Waals surface area contributed by atoms with E-state index in [1.807, 2.05) is 0 Å². The zero-order chi connectivity index (χ0) is 13.7. The monoisotopic (exact) mass is 269 g/mol. The smallest absolute Gasteiger partial charge is 0.159 e. The minimum Gasteiger partial charge on any atom is -0.377 e. The molecule has 1 aromatic rings. The maximum atomic E-state index is 13.2. The maximum Gasteiger partial charge on any atom is 0.159 e. The van der Waals surface area contributed by atoms with Crippen molar-refractivity contribution >= 4 is 0 Å². The molecule has 0 aromatic heterocycles. The Morgan fingerprint density at radius 3 is 2.84 bits per heavy atom. The molecule has 0 saturated carbocycles. The van der Waals surface area contributed by atoms with Crippen molar-refractivity contribution in [3.63, 3.8) is 0 Å². The van der Waals surface area contributed by atoms with Crippen molar-refractivity contribution in [2.45, 2.75) is 44.8 Å². The summed E-state index contributed by atoms with van der Waals surface area (Å²) in [6.07, 6.45) is 4.00.